The summed E-state index contributed by atoms with van der Waals surface area (Å²) in [4.78, 5) is 13.0. The molecule has 1 aliphatic heterocycles. The van der Waals surface area contributed by atoms with E-state index in [1.807, 2.05) is 44.2 Å². The molecule has 0 aromatic heterocycles. The lowest BCUT2D eigenvalue weighted by Gasteiger charge is -2.31. The summed E-state index contributed by atoms with van der Waals surface area (Å²) in [5.41, 5.74) is 4.94. The molecule has 0 N–H and O–H groups in total. The molecular weight excluding hydrogens is 413 g/mol. The third kappa shape index (κ3) is 4.26. The fraction of sp³-hybridized carbons (Fsp3) is 0.240. The predicted molar refractivity (Wildman–Crippen MR) is 120 cm³/mol. The Kier molecular flexibility index (Phi) is 5.67. The zero-order valence-corrected chi connectivity index (χ0v) is 18.4. The Bertz CT molecular complexity index is 1250. The molecule has 4 nitrogen and oxygen atoms in total. The molecule has 3 aromatic carbocycles. The van der Waals surface area contributed by atoms with Crippen molar-refractivity contribution in [2.75, 3.05) is 10.8 Å². The van der Waals surface area contributed by atoms with Gasteiger partial charge in [0.2, 0.25) is 0 Å². The Labute approximate surface area is 182 Å². The first-order valence-electron chi connectivity index (χ1n) is 10.3. The fourth-order valence-electron chi connectivity index (χ4n) is 4.00. The van der Waals surface area contributed by atoms with Gasteiger partial charge in [0, 0.05) is 18.5 Å². The zero-order chi connectivity index (χ0) is 22.2. The molecule has 0 bridgehead atoms. The number of hydrogen-bond donors (Lipinski definition) is 0. The molecule has 4 rings (SSSR count). The van der Waals surface area contributed by atoms with Crippen LogP contribution in [0.3, 0.4) is 0 Å². The lowest BCUT2D eigenvalue weighted by Crippen LogP contribution is -2.35. The lowest BCUT2D eigenvalue weighted by molar-refractivity contribution is 0.0992. The Morgan fingerprint density at radius 3 is 2.48 bits per heavy atom. The van der Waals surface area contributed by atoms with E-state index in [1.54, 1.807) is 6.07 Å². The Morgan fingerprint density at radius 1 is 1.00 bits per heavy atom. The standard InChI is InChI=1S/C25H24FNO3S/c1-17-5-6-18(2)23(14-17)25(28)16-19-7-8-20-4-3-13-27(24(20)15-19)31(29,30)22-11-9-21(26)10-12-22/h5-12,14-15H,3-4,13,16H2,1-2H3. The molecule has 0 spiro atoms. The van der Waals surface area contributed by atoms with Gasteiger partial charge in [-0.1, -0.05) is 29.8 Å². The minimum absolute atomic E-state index is 0.00454. The van der Waals surface area contributed by atoms with E-state index in [9.17, 15) is 17.6 Å². The third-order valence-corrected chi connectivity index (χ3v) is 7.51. The molecule has 3 aromatic rings. The van der Waals surface area contributed by atoms with E-state index in [-0.39, 0.29) is 17.1 Å². The topological polar surface area (TPSA) is 54.5 Å². The van der Waals surface area contributed by atoms with E-state index >= 15 is 0 Å². The Morgan fingerprint density at radius 2 is 1.74 bits per heavy atom. The van der Waals surface area contributed by atoms with E-state index in [0.717, 1.165) is 40.8 Å². The van der Waals surface area contributed by atoms with E-state index in [2.05, 4.69) is 0 Å². The van der Waals surface area contributed by atoms with Crippen molar-refractivity contribution >= 4 is 21.5 Å². The van der Waals surface area contributed by atoms with Crippen LogP contribution in [0.25, 0.3) is 0 Å². The molecule has 1 aliphatic rings. The number of fused-ring (bicyclic) bond motifs is 1. The number of anilines is 1. The smallest absolute Gasteiger partial charge is 0.264 e. The molecule has 1 heterocycles. The minimum Gasteiger partial charge on any atom is -0.294 e. The summed E-state index contributed by atoms with van der Waals surface area (Å²) in [5, 5.41) is 0. The van der Waals surface area contributed by atoms with Crippen LogP contribution in [-0.2, 0) is 22.9 Å². The second-order valence-electron chi connectivity index (χ2n) is 8.02. The normalized spacial score (nSPS) is 13.7. The second-order valence-corrected chi connectivity index (χ2v) is 9.88. The number of nitrogens with zero attached hydrogens (tertiary/aromatic N) is 1. The first-order valence-corrected chi connectivity index (χ1v) is 11.7. The van der Waals surface area contributed by atoms with Crippen LogP contribution in [0.2, 0.25) is 0 Å². The highest BCUT2D eigenvalue weighted by atomic mass is 32.2. The van der Waals surface area contributed by atoms with Gasteiger partial charge in [0.1, 0.15) is 5.82 Å². The summed E-state index contributed by atoms with van der Waals surface area (Å²) in [7, 11) is -3.82. The molecule has 6 heteroatoms. The molecule has 0 saturated carbocycles. The number of ketones is 1. The highest BCUT2D eigenvalue weighted by Gasteiger charge is 2.29. The van der Waals surface area contributed by atoms with Crippen LogP contribution in [-0.4, -0.2) is 20.7 Å². The maximum Gasteiger partial charge on any atom is 0.264 e. The van der Waals surface area contributed by atoms with Gasteiger partial charge in [-0.05, 0) is 79.8 Å². The summed E-state index contributed by atoms with van der Waals surface area (Å²) < 4.78 is 41.1. The van der Waals surface area contributed by atoms with Crippen molar-refractivity contribution in [1.82, 2.24) is 0 Å². The van der Waals surface area contributed by atoms with Gasteiger partial charge in [-0.25, -0.2) is 12.8 Å². The van der Waals surface area contributed by atoms with Crippen LogP contribution < -0.4 is 4.31 Å². The van der Waals surface area contributed by atoms with Crippen molar-refractivity contribution in [3.8, 4) is 0 Å². The summed E-state index contributed by atoms with van der Waals surface area (Å²) in [6.07, 6.45) is 1.67. The third-order valence-electron chi connectivity index (χ3n) is 5.69. The van der Waals surface area contributed by atoms with Crippen LogP contribution in [0.5, 0.6) is 0 Å². The van der Waals surface area contributed by atoms with Crippen LogP contribution >= 0.6 is 0 Å². The number of carbonyl (C=O) groups is 1. The molecule has 0 saturated heterocycles. The summed E-state index contributed by atoms with van der Waals surface area (Å²) in [6, 6.07) is 16.3. The Hall–Kier alpha value is -2.99. The predicted octanol–water partition coefficient (Wildman–Crippen LogP) is 5.01. The average molecular weight is 438 g/mol. The molecule has 0 atom stereocenters. The zero-order valence-electron chi connectivity index (χ0n) is 17.6. The largest absolute Gasteiger partial charge is 0.294 e. The fourth-order valence-corrected chi connectivity index (χ4v) is 5.53. The number of halogens is 1. The number of benzene rings is 3. The summed E-state index contributed by atoms with van der Waals surface area (Å²) >= 11 is 0. The molecule has 0 aliphatic carbocycles. The number of carbonyl (C=O) groups excluding carboxylic acids is 1. The number of Topliss-reactive ketones (excluding diaryl/α,β-unsaturated/α-hetero) is 1. The van der Waals surface area contributed by atoms with Gasteiger partial charge >= 0.3 is 0 Å². The molecule has 0 fully saturated rings. The molecule has 0 unspecified atom stereocenters. The van der Waals surface area contributed by atoms with Gasteiger partial charge in [-0.15, -0.1) is 0 Å². The maximum absolute atomic E-state index is 13.3. The summed E-state index contributed by atoms with van der Waals surface area (Å²) in [5.74, 6) is -0.477. The van der Waals surface area contributed by atoms with Crippen LogP contribution in [0.15, 0.2) is 65.6 Å². The van der Waals surface area contributed by atoms with Gasteiger partial charge in [0.05, 0.1) is 10.6 Å². The molecule has 0 amide bonds. The average Bonchev–Trinajstić information content (AvgIpc) is 2.75. The van der Waals surface area contributed by atoms with Crippen molar-refractivity contribution < 1.29 is 17.6 Å². The quantitative estimate of drug-likeness (QED) is 0.527. The maximum atomic E-state index is 13.3. The van der Waals surface area contributed by atoms with Crippen molar-refractivity contribution in [2.45, 2.75) is 38.0 Å². The van der Waals surface area contributed by atoms with Crippen molar-refractivity contribution in [3.63, 3.8) is 0 Å². The van der Waals surface area contributed by atoms with Gasteiger partial charge < -0.3 is 0 Å². The van der Waals surface area contributed by atoms with Gasteiger partial charge in [-0.2, -0.15) is 0 Å². The number of aryl methyl sites for hydroxylation is 3. The molecule has 0 radical (unpaired) electrons. The lowest BCUT2D eigenvalue weighted by atomic mass is 9.95. The van der Waals surface area contributed by atoms with Crippen LogP contribution in [0, 0.1) is 19.7 Å². The summed E-state index contributed by atoms with van der Waals surface area (Å²) in [6.45, 7) is 4.21. The highest BCUT2D eigenvalue weighted by Crippen LogP contribution is 2.33. The van der Waals surface area contributed by atoms with Crippen molar-refractivity contribution in [3.05, 3.63) is 94.3 Å². The SMILES string of the molecule is Cc1ccc(C)c(C(=O)Cc2ccc3c(c2)N(S(=O)(=O)c2ccc(F)cc2)CCC3)c1. The molecule has 160 valence electrons. The van der Waals surface area contributed by atoms with Gasteiger partial charge in [0.25, 0.3) is 10.0 Å². The second kappa shape index (κ2) is 8.27. The van der Waals surface area contributed by atoms with E-state index in [4.69, 9.17) is 0 Å². The van der Waals surface area contributed by atoms with Crippen LogP contribution in [0.1, 0.15) is 39.0 Å². The van der Waals surface area contributed by atoms with E-state index in [1.165, 1.54) is 16.4 Å². The minimum atomic E-state index is -3.82. The van der Waals surface area contributed by atoms with Gasteiger partial charge in [-0.3, -0.25) is 9.10 Å². The van der Waals surface area contributed by atoms with E-state index < -0.39 is 15.8 Å². The molecule has 31 heavy (non-hydrogen) atoms. The highest BCUT2D eigenvalue weighted by molar-refractivity contribution is 7.92. The monoisotopic (exact) mass is 437 g/mol. The van der Waals surface area contributed by atoms with Crippen molar-refractivity contribution in [2.24, 2.45) is 0 Å². The van der Waals surface area contributed by atoms with E-state index in [0.29, 0.717) is 24.2 Å². The number of rotatable bonds is 5. The van der Waals surface area contributed by atoms with Gasteiger partial charge in [0.15, 0.2) is 5.78 Å². The Balaban J connectivity index is 1.67. The number of sulfonamides is 1. The first kappa shape index (κ1) is 21.2. The molecular formula is C25H24FNO3S. The number of hydrogen-bond acceptors (Lipinski definition) is 3. The van der Waals surface area contributed by atoms with Crippen LogP contribution in [0.4, 0.5) is 10.1 Å². The van der Waals surface area contributed by atoms with Crippen molar-refractivity contribution in [1.29, 1.82) is 0 Å². The first-order chi connectivity index (χ1) is 14.8.